The van der Waals surface area contributed by atoms with Crippen molar-refractivity contribution in [2.24, 2.45) is 0 Å². The summed E-state index contributed by atoms with van der Waals surface area (Å²) < 4.78 is 31.0. The molecule has 0 spiro atoms. The Morgan fingerprint density at radius 3 is 2.55 bits per heavy atom. The van der Waals surface area contributed by atoms with Crippen molar-refractivity contribution in [2.75, 3.05) is 7.11 Å². The molecule has 2 aromatic carbocycles. The van der Waals surface area contributed by atoms with Crippen molar-refractivity contribution in [3.05, 3.63) is 48.5 Å². The van der Waals surface area contributed by atoms with Gasteiger partial charge in [0.1, 0.15) is 16.8 Å². The molecule has 0 saturated carbocycles. The van der Waals surface area contributed by atoms with Crippen LogP contribution < -0.4 is 4.74 Å². The van der Waals surface area contributed by atoms with E-state index in [4.69, 9.17) is 4.74 Å². The van der Waals surface area contributed by atoms with Crippen molar-refractivity contribution >= 4 is 21.1 Å². The van der Waals surface area contributed by atoms with Crippen LogP contribution in [0, 0.1) is 0 Å². The second kappa shape index (κ2) is 4.61. The molecule has 20 heavy (non-hydrogen) atoms. The third-order valence-electron chi connectivity index (χ3n) is 2.89. The van der Waals surface area contributed by atoms with E-state index in [1.165, 1.54) is 19.2 Å². The molecule has 0 saturated heterocycles. The zero-order valence-corrected chi connectivity index (χ0v) is 11.4. The molecule has 102 valence electrons. The summed E-state index contributed by atoms with van der Waals surface area (Å²) in [6.07, 6.45) is 0. The lowest BCUT2D eigenvalue weighted by Gasteiger charge is -2.04. The SMILES string of the molecule is COc1ccc2c(c1)nnn2S(=O)(=O)c1ccccc1. The second-order valence-electron chi connectivity index (χ2n) is 4.11. The number of hydrogen-bond donors (Lipinski definition) is 0. The number of nitrogens with zero attached hydrogens (tertiary/aromatic N) is 3. The number of rotatable bonds is 3. The van der Waals surface area contributed by atoms with Crippen LogP contribution in [0.4, 0.5) is 0 Å². The normalized spacial score (nSPS) is 11.7. The van der Waals surface area contributed by atoms with Gasteiger partial charge in [-0.25, -0.2) is 0 Å². The summed E-state index contributed by atoms with van der Waals surface area (Å²) in [5.74, 6) is 0.599. The zero-order chi connectivity index (χ0) is 14.2. The fraction of sp³-hybridized carbons (Fsp3) is 0.0769. The Labute approximate surface area is 115 Å². The first-order chi connectivity index (χ1) is 9.63. The summed E-state index contributed by atoms with van der Waals surface area (Å²) >= 11 is 0. The van der Waals surface area contributed by atoms with E-state index in [0.29, 0.717) is 16.8 Å². The van der Waals surface area contributed by atoms with E-state index in [-0.39, 0.29) is 4.90 Å². The average Bonchev–Trinajstić information content (AvgIpc) is 2.91. The van der Waals surface area contributed by atoms with Crippen LogP contribution in [0.25, 0.3) is 11.0 Å². The van der Waals surface area contributed by atoms with Gasteiger partial charge < -0.3 is 4.74 Å². The fourth-order valence-corrected chi connectivity index (χ4v) is 3.13. The van der Waals surface area contributed by atoms with Crippen LogP contribution in [-0.2, 0) is 10.0 Å². The van der Waals surface area contributed by atoms with Gasteiger partial charge >= 0.3 is 0 Å². The van der Waals surface area contributed by atoms with Gasteiger partial charge in [0.25, 0.3) is 10.0 Å². The summed E-state index contributed by atoms with van der Waals surface area (Å²) in [5.41, 5.74) is 0.874. The molecule has 0 unspecified atom stereocenters. The molecule has 0 radical (unpaired) electrons. The summed E-state index contributed by atoms with van der Waals surface area (Å²) in [6.45, 7) is 0. The first kappa shape index (κ1) is 12.6. The van der Waals surface area contributed by atoms with Crippen molar-refractivity contribution in [1.82, 2.24) is 14.4 Å². The van der Waals surface area contributed by atoms with Crippen molar-refractivity contribution in [1.29, 1.82) is 0 Å². The van der Waals surface area contributed by atoms with Gasteiger partial charge in [0.15, 0.2) is 0 Å². The minimum absolute atomic E-state index is 0.169. The summed E-state index contributed by atoms with van der Waals surface area (Å²) in [4.78, 5) is 0.169. The maximum Gasteiger partial charge on any atom is 0.284 e. The van der Waals surface area contributed by atoms with Crippen LogP contribution in [-0.4, -0.2) is 29.9 Å². The van der Waals surface area contributed by atoms with E-state index in [1.54, 1.807) is 36.4 Å². The van der Waals surface area contributed by atoms with Gasteiger partial charge in [-0.3, -0.25) is 0 Å². The molecule has 0 fully saturated rings. The van der Waals surface area contributed by atoms with E-state index in [0.717, 1.165) is 4.09 Å². The van der Waals surface area contributed by atoms with Gasteiger partial charge in [0.2, 0.25) is 0 Å². The van der Waals surface area contributed by atoms with Gasteiger partial charge in [0.05, 0.1) is 12.0 Å². The van der Waals surface area contributed by atoms with Crippen molar-refractivity contribution in [3.8, 4) is 5.75 Å². The monoisotopic (exact) mass is 289 g/mol. The number of benzene rings is 2. The van der Waals surface area contributed by atoms with Crippen molar-refractivity contribution < 1.29 is 13.2 Å². The molecular weight excluding hydrogens is 278 g/mol. The van der Waals surface area contributed by atoms with Gasteiger partial charge in [-0.05, 0) is 24.3 Å². The standard InChI is InChI=1S/C13H11N3O3S/c1-19-10-7-8-13-12(9-10)14-15-16(13)20(17,18)11-5-3-2-4-6-11/h2-9H,1H3. The Kier molecular flexibility index (Phi) is 2.90. The summed E-state index contributed by atoms with van der Waals surface area (Å²) in [5, 5.41) is 7.61. The van der Waals surface area contributed by atoms with Crippen LogP contribution in [0.15, 0.2) is 53.4 Å². The third-order valence-corrected chi connectivity index (χ3v) is 4.48. The molecule has 0 aliphatic carbocycles. The maximum absolute atomic E-state index is 12.5. The van der Waals surface area contributed by atoms with E-state index >= 15 is 0 Å². The Bertz CT molecular complexity index is 857. The number of fused-ring (bicyclic) bond motifs is 1. The third kappa shape index (κ3) is 1.92. The molecule has 0 aliphatic heterocycles. The van der Waals surface area contributed by atoms with Gasteiger partial charge in [0, 0.05) is 6.07 Å². The molecule has 1 aromatic heterocycles. The summed E-state index contributed by atoms with van der Waals surface area (Å²) in [7, 11) is -2.21. The molecule has 3 rings (SSSR count). The van der Waals surface area contributed by atoms with Crippen LogP contribution >= 0.6 is 0 Å². The van der Waals surface area contributed by atoms with E-state index in [2.05, 4.69) is 10.3 Å². The molecule has 0 bridgehead atoms. The minimum atomic E-state index is -3.74. The predicted molar refractivity (Wildman–Crippen MR) is 73.1 cm³/mol. The highest BCUT2D eigenvalue weighted by atomic mass is 32.2. The molecule has 0 amide bonds. The van der Waals surface area contributed by atoms with E-state index < -0.39 is 10.0 Å². The average molecular weight is 289 g/mol. The predicted octanol–water partition coefficient (Wildman–Crippen LogP) is 1.68. The Morgan fingerprint density at radius 1 is 1.10 bits per heavy atom. The number of aromatic nitrogens is 3. The maximum atomic E-state index is 12.5. The van der Waals surface area contributed by atoms with Crippen LogP contribution in [0.2, 0.25) is 0 Å². The van der Waals surface area contributed by atoms with E-state index in [1.807, 2.05) is 0 Å². The largest absolute Gasteiger partial charge is 0.497 e. The fourth-order valence-electron chi connectivity index (χ4n) is 1.88. The number of ether oxygens (including phenoxy) is 1. The highest BCUT2D eigenvalue weighted by Gasteiger charge is 2.21. The van der Waals surface area contributed by atoms with E-state index in [9.17, 15) is 8.42 Å². The van der Waals surface area contributed by atoms with Gasteiger partial charge in [-0.15, -0.1) is 9.19 Å². The second-order valence-corrected chi connectivity index (χ2v) is 5.87. The molecule has 6 nitrogen and oxygen atoms in total. The Morgan fingerprint density at radius 2 is 1.85 bits per heavy atom. The quantitative estimate of drug-likeness (QED) is 0.733. The molecular formula is C13H11N3O3S. The molecule has 0 aliphatic rings. The first-order valence-corrected chi connectivity index (χ1v) is 7.27. The Hall–Kier alpha value is -2.41. The topological polar surface area (TPSA) is 74.1 Å². The molecule has 3 aromatic rings. The minimum Gasteiger partial charge on any atom is -0.497 e. The first-order valence-electron chi connectivity index (χ1n) is 5.83. The van der Waals surface area contributed by atoms with Gasteiger partial charge in [-0.2, -0.15) is 8.42 Å². The number of methoxy groups -OCH3 is 1. The summed E-state index contributed by atoms with van der Waals surface area (Å²) in [6, 6.07) is 13.0. The lowest BCUT2D eigenvalue weighted by atomic mass is 10.3. The van der Waals surface area contributed by atoms with Crippen LogP contribution in [0.3, 0.4) is 0 Å². The Balaban J connectivity index is 2.20. The smallest absolute Gasteiger partial charge is 0.284 e. The van der Waals surface area contributed by atoms with Crippen molar-refractivity contribution in [3.63, 3.8) is 0 Å². The molecule has 0 N–H and O–H groups in total. The molecule has 1 heterocycles. The van der Waals surface area contributed by atoms with Crippen LogP contribution in [0.1, 0.15) is 0 Å². The highest BCUT2D eigenvalue weighted by molar-refractivity contribution is 7.90. The highest BCUT2D eigenvalue weighted by Crippen LogP contribution is 2.22. The van der Waals surface area contributed by atoms with Crippen molar-refractivity contribution in [2.45, 2.75) is 4.90 Å². The lowest BCUT2D eigenvalue weighted by Crippen LogP contribution is -2.14. The number of hydrogen-bond acceptors (Lipinski definition) is 5. The molecule has 7 heteroatoms. The van der Waals surface area contributed by atoms with Crippen LogP contribution in [0.5, 0.6) is 5.75 Å². The van der Waals surface area contributed by atoms with Gasteiger partial charge in [-0.1, -0.05) is 23.4 Å². The lowest BCUT2D eigenvalue weighted by molar-refractivity contribution is 0.415. The zero-order valence-electron chi connectivity index (χ0n) is 10.6. The molecule has 0 atom stereocenters.